The summed E-state index contributed by atoms with van der Waals surface area (Å²) in [6, 6.07) is 2.57. The predicted molar refractivity (Wildman–Crippen MR) is 77.9 cm³/mol. The van der Waals surface area contributed by atoms with Crippen molar-refractivity contribution in [3.63, 3.8) is 0 Å². The second kappa shape index (κ2) is 4.92. The van der Waals surface area contributed by atoms with Gasteiger partial charge in [0, 0.05) is 24.0 Å². The van der Waals surface area contributed by atoms with Crippen molar-refractivity contribution in [3.05, 3.63) is 23.0 Å². The van der Waals surface area contributed by atoms with Gasteiger partial charge in [-0.2, -0.15) is 0 Å². The van der Waals surface area contributed by atoms with Crippen LogP contribution in [0.4, 0.5) is 0 Å². The third-order valence-corrected chi connectivity index (χ3v) is 4.75. The summed E-state index contributed by atoms with van der Waals surface area (Å²) in [5.74, 6) is -0.0506. The molecule has 1 amide bonds. The maximum absolute atomic E-state index is 12.3. The molecule has 2 aliphatic carbocycles. The standard InChI is InChI=1S/C16H24N2O2/c1-11-9-14(12(2)18(11)13-5-6-13)15(19)17-10-16(20)7-3-4-8-16/h9,13,20H,3-8,10H2,1-2H3,(H,17,19). The van der Waals surface area contributed by atoms with E-state index in [1.54, 1.807) is 0 Å². The third-order valence-electron chi connectivity index (χ3n) is 4.75. The summed E-state index contributed by atoms with van der Waals surface area (Å²) in [6.07, 6.45) is 6.15. The largest absolute Gasteiger partial charge is 0.388 e. The molecule has 2 fully saturated rings. The van der Waals surface area contributed by atoms with Gasteiger partial charge in [0.2, 0.25) is 0 Å². The van der Waals surface area contributed by atoms with E-state index in [1.807, 2.05) is 13.0 Å². The molecule has 0 radical (unpaired) electrons. The molecule has 0 unspecified atom stereocenters. The Kier molecular flexibility index (Phi) is 3.36. The Morgan fingerprint density at radius 2 is 2.05 bits per heavy atom. The van der Waals surface area contributed by atoms with E-state index in [0.717, 1.165) is 42.6 Å². The molecule has 20 heavy (non-hydrogen) atoms. The SMILES string of the molecule is Cc1cc(C(=O)NCC2(O)CCCC2)c(C)n1C1CC1. The van der Waals surface area contributed by atoms with Crippen LogP contribution < -0.4 is 5.32 Å². The van der Waals surface area contributed by atoms with Crippen LogP contribution in [0.5, 0.6) is 0 Å². The van der Waals surface area contributed by atoms with E-state index in [2.05, 4.69) is 16.8 Å². The summed E-state index contributed by atoms with van der Waals surface area (Å²) in [7, 11) is 0. The monoisotopic (exact) mass is 276 g/mol. The number of carbonyl (C=O) groups excluding carboxylic acids is 1. The van der Waals surface area contributed by atoms with Crippen molar-refractivity contribution in [2.24, 2.45) is 0 Å². The first-order valence-electron chi connectivity index (χ1n) is 7.69. The van der Waals surface area contributed by atoms with Crippen molar-refractivity contribution in [1.29, 1.82) is 0 Å². The molecule has 4 nitrogen and oxygen atoms in total. The van der Waals surface area contributed by atoms with Gasteiger partial charge >= 0.3 is 0 Å². The molecule has 1 heterocycles. The molecule has 0 spiro atoms. The fourth-order valence-corrected chi connectivity index (χ4v) is 3.45. The number of carbonyl (C=O) groups is 1. The van der Waals surface area contributed by atoms with Crippen molar-refractivity contribution in [1.82, 2.24) is 9.88 Å². The molecular weight excluding hydrogens is 252 g/mol. The molecule has 0 saturated heterocycles. The zero-order valence-corrected chi connectivity index (χ0v) is 12.4. The van der Waals surface area contributed by atoms with Crippen LogP contribution in [0.15, 0.2) is 6.07 Å². The van der Waals surface area contributed by atoms with Crippen molar-refractivity contribution in [2.75, 3.05) is 6.54 Å². The Morgan fingerprint density at radius 3 is 2.65 bits per heavy atom. The average Bonchev–Trinajstić information content (AvgIpc) is 3.07. The fraction of sp³-hybridized carbons (Fsp3) is 0.688. The summed E-state index contributed by atoms with van der Waals surface area (Å²) >= 11 is 0. The van der Waals surface area contributed by atoms with Crippen LogP contribution in [0.1, 0.15) is 66.3 Å². The normalized spacial score (nSPS) is 21.1. The summed E-state index contributed by atoms with van der Waals surface area (Å²) in [4.78, 5) is 12.3. The van der Waals surface area contributed by atoms with Crippen LogP contribution in [-0.4, -0.2) is 27.7 Å². The zero-order valence-electron chi connectivity index (χ0n) is 12.4. The zero-order chi connectivity index (χ0) is 14.3. The minimum absolute atomic E-state index is 0.0506. The van der Waals surface area contributed by atoms with Crippen LogP contribution in [0.25, 0.3) is 0 Å². The lowest BCUT2D eigenvalue weighted by atomic mass is 10.0. The molecule has 0 bridgehead atoms. The lowest BCUT2D eigenvalue weighted by Gasteiger charge is -2.22. The third kappa shape index (κ3) is 2.49. The minimum Gasteiger partial charge on any atom is -0.388 e. The maximum atomic E-state index is 12.3. The van der Waals surface area contributed by atoms with E-state index in [9.17, 15) is 9.90 Å². The van der Waals surface area contributed by atoms with E-state index >= 15 is 0 Å². The number of aryl methyl sites for hydroxylation is 1. The molecule has 2 N–H and O–H groups in total. The Labute approximate surface area is 120 Å². The second-order valence-electron chi connectivity index (χ2n) is 6.50. The van der Waals surface area contributed by atoms with Crippen molar-refractivity contribution in [3.8, 4) is 0 Å². The highest BCUT2D eigenvalue weighted by Gasteiger charge is 2.32. The van der Waals surface area contributed by atoms with Crippen LogP contribution in [0.2, 0.25) is 0 Å². The highest BCUT2D eigenvalue weighted by Crippen LogP contribution is 2.38. The molecule has 0 aliphatic heterocycles. The Hall–Kier alpha value is -1.29. The van der Waals surface area contributed by atoms with Crippen LogP contribution in [-0.2, 0) is 0 Å². The highest BCUT2D eigenvalue weighted by atomic mass is 16.3. The van der Waals surface area contributed by atoms with Gasteiger partial charge in [0.1, 0.15) is 0 Å². The number of amides is 1. The highest BCUT2D eigenvalue weighted by molar-refractivity contribution is 5.95. The van der Waals surface area contributed by atoms with Gasteiger partial charge in [-0.3, -0.25) is 4.79 Å². The van der Waals surface area contributed by atoms with Gasteiger partial charge in [0.25, 0.3) is 5.91 Å². The summed E-state index contributed by atoms with van der Waals surface area (Å²) < 4.78 is 2.28. The molecule has 3 rings (SSSR count). The van der Waals surface area contributed by atoms with E-state index in [-0.39, 0.29) is 5.91 Å². The Morgan fingerprint density at radius 1 is 1.40 bits per heavy atom. The van der Waals surface area contributed by atoms with E-state index in [0.29, 0.717) is 12.6 Å². The van der Waals surface area contributed by atoms with Gasteiger partial charge in [-0.25, -0.2) is 0 Å². The summed E-state index contributed by atoms with van der Waals surface area (Å²) in [6.45, 7) is 4.45. The van der Waals surface area contributed by atoms with Gasteiger partial charge < -0.3 is 15.0 Å². The van der Waals surface area contributed by atoms with Crippen molar-refractivity contribution >= 4 is 5.91 Å². The molecule has 0 atom stereocenters. The number of hydrogen-bond acceptors (Lipinski definition) is 2. The Balaban J connectivity index is 1.69. The number of aromatic nitrogens is 1. The van der Waals surface area contributed by atoms with Crippen LogP contribution >= 0.6 is 0 Å². The quantitative estimate of drug-likeness (QED) is 0.887. The van der Waals surface area contributed by atoms with Crippen LogP contribution in [0, 0.1) is 13.8 Å². The predicted octanol–water partition coefficient (Wildman–Crippen LogP) is 2.47. The molecular formula is C16H24N2O2. The van der Waals surface area contributed by atoms with Gasteiger partial charge in [-0.05, 0) is 45.6 Å². The summed E-state index contributed by atoms with van der Waals surface area (Å²) in [5.41, 5.74) is 2.30. The van der Waals surface area contributed by atoms with Gasteiger partial charge in [-0.15, -0.1) is 0 Å². The minimum atomic E-state index is -0.683. The molecule has 4 heteroatoms. The first kappa shape index (κ1) is 13.7. The number of nitrogens with one attached hydrogen (secondary N) is 1. The van der Waals surface area contributed by atoms with Gasteiger partial charge in [0.15, 0.2) is 0 Å². The maximum Gasteiger partial charge on any atom is 0.253 e. The molecule has 0 aromatic carbocycles. The van der Waals surface area contributed by atoms with E-state index in [4.69, 9.17) is 0 Å². The van der Waals surface area contributed by atoms with E-state index in [1.165, 1.54) is 12.8 Å². The Bertz CT molecular complexity index is 523. The van der Waals surface area contributed by atoms with Gasteiger partial charge in [0.05, 0.1) is 11.2 Å². The second-order valence-corrected chi connectivity index (χ2v) is 6.50. The first-order valence-corrected chi connectivity index (χ1v) is 7.69. The molecule has 2 aliphatic rings. The topological polar surface area (TPSA) is 54.3 Å². The van der Waals surface area contributed by atoms with Crippen molar-refractivity contribution < 1.29 is 9.90 Å². The molecule has 110 valence electrons. The van der Waals surface area contributed by atoms with Crippen molar-refractivity contribution in [2.45, 2.75) is 64.0 Å². The molecule has 1 aromatic rings. The molecule has 2 saturated carbocycles. The fourth-order valence-electron chi connectivity index (χ4n) is 3.45. The summed E-state index contributed by atoms with van der Waals surface area (Å²) in [5, 5.41) is 13.2. The lowest BCUT2D eigenvalue weighted by molar-refractivity contribution is 0.0449. The number of nitrogens with zero attached hydrogens (tertiary/aromatic N) is 1. The smallest absolute Gasteiger partial charge is 0.253 e. The molecule has 1 aromatic heterocycles. The number of rotatable bonds is 4. The lowest BCUT2D eigenvalue weighted by Crippen LogP contribution is -2.40. The number of hydrogen-bond donors (Lipinski definition) is 2. The number of aliphatic hydroxyl groups is 1. The van der Waals surface area contributed by atoms with Crippen LogP contribution in [0.3, 0.4) is 0 Å². The van der Waals surface area contributed by atoms with E-state index < -0.39 is 5.60 Å². The first-order chi connectivity index (χ1) is 9.50. The van der Waals surface area contributed by atoms with Gasteiger partial charge in [-0.1, -0.05) is 12.8 Å². The average molecular weight is 276 g/mol.